The number of amides is 1. The molecule has 110 valence electrons. The van der Waals surface area contributed by atoms with E-state index in [-0.39, 0.29) is 23.8 Å². The molecule has 1 amide bonds. The third-order valence-electron chi connectivity index (χ3n) is 3.04. The number of nitrogens with one attached hydrogen (secondary N) is 1. The van der Waals surface area contributed by atoms with Crippen LogP contribution in [0, 0.1) is 5.82 Å². The van der Waals surface area contributed by atoms with Crippen LogP contribution in [0.3, 0.4) is 0 Å². The molecule has 0 fully saturated rings. The minimum atomic E-state index is -0.576. The van der Waals surface area contributed by atoms with Crippen molar-refractivity contribution < 1.29 is 19.0 Å². The Morgan fingerprint density at radius 1 is 1.24 bits per heavy atom. The second kappa shape index (κ2) is 6.85. The van der Waals surface area contributed by atoms with Crippen LogP contribution >= 0.6 is 0 Å². The second-order valence-electron chi connectivity index (χ2n) is 4.51. The van der Waals surface area contributed by atoms with Crippen LogP contribution in [0.2, 0.25) is 0 Å². The van der Waals surface area contributed by atoms with Crippen LogP contribution in [0.25, 0.3) is 0 Å². The molecular formula is C16H16FNO3. The summed E-state index contributed by atoms with van der Waals surface area (Å²) < 4.78 is 18.3. The minimum Gasteiger partial charge on any atom is -0.494 e. The average molecular weight is 289 g/mol. The van der Waals surface area contributed by atoms with E-state index in [1.807, 2.05) is 6.07 Å². The second-order valence-corrected chi connectivity index (χ2v) is 4.51. The summed E-state index contributed by atoms with van der Waals surface area (Å²) in [6, 6.07) is 11.3. The fraction of sp³-hybridized carbons (Fsp3) is 0.188. The molecule has 0 aliphatic heterocycles. The van der Waals surface area contributed by atoms with Crippen LogP contribution in [-0.4, -0.2) is 18.1 Å². The van der Waals surface area contributed by atoms with Gasteiger partial charge in [0, 0.05) is 12.1 Å². The highest BCUT2D eigenvalue weighted by atomic mass is 19.1. The summed E-state index contributed by atoms with van der Waals surface area (Å²) >= 11 is 0. The van der Waals surface area contributed by atoms with Gasteiger partial charge in [0.2, 0.25) is 0 Å². The van der Waals surface area contributed by atoms with Crippen molar-refractivity contribution in [3.8, 4) is 5.75 Å². The summed E-state index contributed by atoms with van der Waals surface area (Å²) in [6.45, 7) is 0.256. The van der Waals surface area contributed by atoms with Gasteiger partial charge >= 0.3 is 0 Å². The molecule has 2 aromatic rings. The molecule has 2 N–H and O–H groups in total. The number of methoxy groups -OCH3 is 1. The number of rotatable bonds is 5. The van der Waals surface area contributed by atoms with Gasteiger partial charge in [0.25, 0.3) is 5.91 Å². The van der Waals surface area contributed by atoms with Crippen molar-refractivity contribution in [1.82, 2.24) is 5.32 Å². The average Bonchev–Trinajstić information content (AvgIpc) is 2.52. The highest BCUT2D eigenvalue weighted by molar-refractivity contribution is 5.94. The van der Waals surface area contributed by atoms with E-state index in [0.717, 1.165) is 17.2 Å². The molecule has 0 unspecified atom stereocenters. The lowest BCUT2D eigenvalue weighted by molar-refractivity contribution is 0.0950. The fourth-order valence-corrected chi connectivity index (χ4v) is 1.93. The van der Waals surface area contributed by atoms with E-state index in [1.165, 1.54) is 19.2 Å². The van der Waals surface area contributed by atoms with E-state index >= 15 is 0 Å². The molecule has 0 atom stereocenters. The van der Waals surface area contributed by atoms with Crippen molar-refractivity contribution in [1.29, 1.82) is 0 Å². The molecule has 0 saturated carbocycles. The largest absolute Gasteiger partial charge is 0.494 e. The van der Waals surface area contributed by atoms with E-state index < -0.39 is 5.82 Å². The Morgan fingerprint density at radius 2 is 2.00 bits per heavy atom. The Morgan fingerprint density at radius 3 is 2.67 bits per heavy atom. The normalized spacial score (nSPS) is 10.2. The molecule has 2 rings (SSSR count). The van der Waals surface area contributed by atoms with Gasteiger partial charge in [0.05, 0.1) is 13.7 Å². The molecule has 4 nitrogen and oxygen atoms in total. The number of halogens is 1. The maximum atomic E-state index is 13.5. The number of aliphatic hydroxyl groups is 1. The molecule has 5 heteroatoms. The van der Waals surface area contributed by atoms with Gasteiger partial charge < -0.3 is 15.2 Å². The first-order chi connectivity index (χ1) is 10.1. The summed E-state index contributed by atoms with van der Waals surface area (Å²) in [5.74, 6) is -0.847. The number of hydrogen-bond donors (Lipinski definition) is 2. The van der Waals surface area contributed by atoms with E-state index in [4.69, 9.17) is 9.84 Å². The zero-order valence-electron chi connectivity index (χ0n) is 11.6. The Bertz CT molecular complexity index is 643. The van der Waals surface area contributed by atoms with Crippen molar-refractivity contribution in [3.63, 3.8) is 0 Å². The Balaban J connectivity index is 2.02. The number of carbonyl (C=O) groups is 1. The quantitative estimate of drug-likeness (QED) is 0.887. The van der Waals surface area contributed by atoms with E-state index in [0.29, 0.717) is 6.54 Å². The van der Waals surface area contributed by atoms with Crippen molar-refractivity contribution in [2.75, 3.05) is 7.11 Å². The molecular weight excluding hydrogens is 273 g/mol. The van der Waals surface area contributed by atoms with Crippen LogP contribution in [-0.2, 0) is 13.2 Å². The fourth-order valence-electron chi connectivity index (χ4n) is 1.93. The maximum absolute atomic E-state index is 13.5. The van der Waals surface area contributed by atoms with Gasteiger partial charge in [-0.25, -0.2) is 4.39 Å². The van der Waals surface area contributed by atoms with Gasteiger partial charge in [-0.3, -0.25) is 4.79 Å². The van der Waals surface area contributed by atoms with Gasteiger partial charge in [0.15, 0.2) is 11.6 Å². The Kier molecular flexibility index (Phi) is 4.90. The lowest BCUT2D eigenvalue weighted by atomic mass is 10.1. The summed E-state index contributed by atoms with van der Waals surface area (Å²) in [7, 11) is 1.37. The molecule has 0 aliphatic carbocycles. The van der Waals surface area contributed by atoms with Crippen LogP contribution in [0.1, 0.15) is 21.5 Å². The zero-order chi connectivity index (χ0) is 15.2. The molecule has 0 spiro atoms. The number of benzene rings is 2. The molecule has 0 heterocycles. The molecule has 0 aromatic heterocycles. The minimum absolute atomic E-state index is 0.0501. The Labute approximate surface area is 122 Å². The predicted molar refractivity (Wildman–Crippen MR) is 76.5 cm³/mol. The van der Waals surface area contributed by atoms with Crippen molar-refractivity contribution in [3.05, 3.63) is 65.0 Å². The van der Waals surface area contributed by atoms with Crippen LogP contribution in [0.15, 0.2) is 42.5 Å². The van der Waals surface area contributed by atoms with Gasteiger partial charge in [-0.15, -0.1) is 0 Å². The van der Waals surface area contributed by atoms with E-state index in [9.17, 15) is 9.18 Å². The van der Waals surface area contributed by atoms with E-state index in [1.54, 1.807) is 18.2 Å². The topological polar surface area (TPSA) is 58.6 Å². The first kappa shape index (κ1) is 15.0. The van der Waals surface area contributed by atoms with Gasteiger partial charge in [-0.05, 0) is 29.3 Å². The van der Waals surface area contributed by atoms with E-state index in [2.05, 4.69) is 5.32 Å². The van der Waals surface area contributed by atoms with Crippen LogP contribution in [0.5, 0.6) is 5.75 Å². The van der Waals surface area contributed by atoms with Gasteiger partial charge in [-0.2, -0.15) is 0 Å². The summed E-state index contributed by atoms with van der Waals surface area (Å²) in [5, 5.41) is 11.8. The Hall–Kier alpha value is -2.40. The highest BCUT2D eigenvalue weighted by Crippen LogP contribution is 2.17. The lowest BCUT2D eigenvalue weighted by Gasteiger charge is -2.08. The van der Waals surface area contributed by atoms with Crippen LogP contribution < -0.4 is 10.1 Å². The SMILES string of the molecule is COc1ccc(C(=O)NCc2cccc(CO)c2)cc1F. The lowest BCUT2D eigenvalue weighted by Crippen LogP contribution is -2.23. The first-order valence-electron chi connectivity index (χ1n) is 6.44. The summed E-state index contributed by atoms with van der Waals surface area (Å²) in [6.07, 6.45) is 0. The van der Waals surface area contributed by atoms with Crippen molar-refractivity contribution >= 4 is 5.91 Å². The highest BCUT2D eigenvalue weighted by Gasteiger charge is 2.09. The molecule has 0 radical (unpaired) electrons. The zero-order valence-corrected chi connectivity index (χ0v) is 11.6. The molecule has 0 saturated heterocycles. The van der Waals surface area contributed by atoms with Crippen molar-refractivity contribution in [2.24, 2.45) is 0 Å². The summed E-state index contributed by atoms with van der Waals surface area (Å²) in [5.41, 5.74) is 1.87. The monoisotopic (exact) mass is 289 g/mol. The first-order valence-corrected chi connectivity index (χ1v) is 6.44. The molecule has 0 aliphatic rings. The molecule has 0 bridgehead atoms. The standard InChI is InChI=1S/C16H16FNO3/c1-21-15-6-5-13(8-14(15)17)16(20)18-9-11-3-2-4-12(7-11)10-19/h2-8,19H,9-10H2,1H3,(H,18,20). The third kappa shape index (κ3) is 3.79. The molecule has 2 aromatic carbocycles. The van der Waals surface area contributed by atoms with Gasteiger partial charge in [0.1, 0.15) is 0 Å². The predicted octanol–water partition coefficient (Wildman–Crippen LogP) is 2.26. The third-order valence-corrected chi connectivity index (χ3v) is 3.04. The van der Waals surface area contributed by atoms with Crippen molar-refractivity contribution in [2.45, 2.75) is 13.2 Å². The number of hydrogen-bond acceptors (Lipinski definition) is 3. The number of carbonyl (C=O) groups excluding carboxylic acids is 1. The maximum Gasteiger partial charge on any atom is 0.251 e. The van der Waals surface area contributed by atoms with Crippen LogP contribution in [0.4, 0.5) is 4.39 Å². The number of aliphatic hydroxyl groups excluding tert-OH is 1. The smallest absolute Gasteiger partial charge is 0.251 e. The van der Waals surface area contributed by atoms with Gasteiger partial charge in [-0.1, -0.05) is 24.3 Å². The number of ether oxygens (including phenoxy) is 1. The summed E-state index contributed by atoms with van der Waals surface area (Å²) in [4.78, 5) is 12.0. The molecule has 21 heavy (non-hydrogen) atoms.